The normalized spacial score (nSPS) is 13.5. The number of furan rings is 1. The van der Waals surface area contributed by atoms with Crippen molar-refractivity contribution in [3.05, 3.63) is 58.5 Å². The van der Waals surface area contributed by atoms with Crippen LogP contribution in [0.15, 0.2) is 34.7 Å². The molecule has 9 heteroatoms. The van der Waals surface area contributed by atoms with Crippen LogP contribution in [-0.4, -0.2) is 53.4 Å². The SMILES string of the molecule is O=C(COC(=O)CC(O)c1cc2c(o1)C(=O)c1ccccc1C2=O)NCCO. The van der Waals surface area contributed by atoms with Gasteiger partial charge in [0.15, 0.2) is 18.2 Å². The lowest BCUT2D eigenvalue weighted by molar-refractivity contribution is -0.150. The Morgan fingerprint density at radius 3 is 2.46 bits per heavy atom. The summed E-state index contributed by atoms with van der Waals surface area (Å²) in [5, 5.41) is 21.1. The summed E-state index contributed by atoms with van der Waals surface area (Å²) in [5.74, 6) is -2.67. The molecular formula is C19H17NO8. The lowest BCUT2D eigenvalue weighted by Crippen LogP contribution is -2.31. The average Bonchev–Trinajstić information content (AvgIpc) is 3.15. The van der Waals surface area contributed by atoms with Crippen molar-refractivity contribution in [1.82, 2.24) is 5.32 Å². The summed E-state index contributed by atoms with van der Waals surface area (Å²) >= 11 is 0. The van der Waals surface area contributed by atoms with Gasteiger partial charge in [0.05, 0.1) is 18.6 Å². The second-order valence-electron chi connectivity index (χ2n) is 6.05. The molecule has 146 valence electrons. The molecule has 1 amide bonds. The third-order valence-electron chi connectivity index (χ3n) is 4.10. The van der Waals surface area contributed by atoms with Gasteiger partial charge in [-0.25, -0.2) is 0 Å². The molecule has 1 aliphatic carbocycles. The van der Waals surface area contributed by atoms with Gasteiger partial charge in [0.2, 0.25) is 5.78 Å². The van der Waals surface area contributed by atoms with Gasteiger partial charge in [-0.2, -0.15) is 0 Å². The van der Waals surface area contributed by atoms with Crippen LogP contribution >= 0.6 is 0 Å². The van der Waals surface area contributed by atoms with Gasteiger partial charge in [-0.05, 0) is 6.07 Å². The molecule has 0 radical (unpaired) electrons. The van der Waals surface area contributed by atoms with Gasteiger partial charge in [-0.3, -0.25) is 19.2 Å². The molecule has 28 heavy (non-hydrogen) atoms. The van der Waals surface area contributed by atoms with E-state index in [1.807, 2.05) is 0 Å². The Labute approximate surface area is 158 Å². The number of carbonyl (C=O) groups is 4. The first kappa shape index (κ1) is 19.5. The van der Waals surface area contributed by atoms with Gasteiger partial charge in [0, 0.05) is 17.7 Å². The second kappa shape index (κ2) is 8.15. The molecule has 1 atom stereocenters. The summed E-state index contributed by atoms with van der Waals surface area (Å²) < 4.78 is 10.1. The van der Waals surface area contributed by atoms with E-state index in [-0.39, 0.29) is 41.4 Å². The van der Waals surface area contributed by atoms with Crippen molar-refractivity contribution in [2.45, 2.75) is 12.5 Å². The van der Waals surface area contributed by atoms with E-state index >= 15 is 0 Å². The molecule has 1 unspecified atom stereocenters. The zero-order valence-electron chi connectivity index (χ0n) is 14.6. The van der Waals surface area contributed by atoms with Crippen molar-refractivity contribution < 1.29 is 38.5 Å². The molecule has 9 nitrogen and oxygen atoms in total. The van der Waals surface area contributed by atoms with Crippen LogP contribution in [-0.2, 0) is 14.3 Å². The number of aliphatic hydroxyl groups is 2. The summed E-state index contributed by atoms with van der Waals surface area (Å²) in [6, 6.07) is 7.53. The Hall–Kier alpha value is -3.30. The van der Waals surface area contributed by atoms with E-state index in [4.69, 9.17) is 14.3 Å². The van der Waals surface area contributed by atoms with Gasteiger partial charge in [0.25, 0.3) is 5.91 Å². The number of esters is 1. The predicted molar refractivity (Wildman–Crippen MR) is 92.6 cm³/mol. The van der Waals surface area contributed by atoms with E-state index in [9.17, 15) is 24.3 Å². The third kappa shape index (κ3) is 3.85. The Morgan fingerprint density at radius 2 is 1.79 bits per heavy atom. The molecule has 0 saturated carbocycles. The van der Waals surface area contributed by atoms with Gasteiger partial charge >= 0.3 is 5.97 Å². The van der Waals surface area contributed by atoms with Gasteiger partial charge in [-0.1, -0.05) is 24.3 Å². The minimum Gasteiger partial charge on any atom is -0.455 e. The standard InChI is InChI=1S/C19H17NO8/c21-6-5-20-15(23)9-27-16(24)8-13(22)14-7-12-17(25)10-3-1-2-4-11(10)18(26)19(12)28-14/h1-4,7,13,21-22H,5-6,8-9H2,(H,20,23). The maximum absolute atomic E-state index is 12.5. The fourth-order valence-corrected chi connectivity index (χ4v) is 2.77. The molecule has 0 aliphatic heterocycles. The van der Waals surface area contributed by atoms with Gasteiger partial charge in [0.1, 0.15) is 11.9 Å². The zero-order valence-corrected chi connectivity index (χ0v) is 14.6. The van der Waals surface area contributed by atoms with Crippen molar-refractivity contribution in [3.8, 4) is 0 Å². The maximum Gasteiger partial charge on any atom is 0.309 e. The Bertz CT molecular complexity index is 893. The van der Waals surface area contributed by atoms with Crippen molar-refractivity contribution in [1.29, 1.82) is 0 Å². The molecule has 0 bridgehead atoms. The second-order valence-corrected chi connectivity index (χ2v) is 6.05. The average molecular weight is 387 g/mol. The maximum atomic E-state index is 12.5. The molecule has 0 saturated heterocycles. The Kier molecular flexibility index (Phi) is 5.67. The molecular weight excluding hydrogens is 370 g/mol. The number of hydrogen-bond donors (Lipinski definition) is 3. The minimum atomic E-state index is -1.46. The molecule has 1 heterocycles. The van der Waals surface area contributed by atoms with Crippen LogP contribution in [0.5, 0.6) is 0 Å². The van der Waals surface area contributed by atoms with E-state index in [0.717, 1.165) is 0 Å². The van der Waals surface area contributed by atoms with Crippen LogP contribution in [0, 0.1) is 0 Å². The molecule has 2 aromatic rings. The first-order chi connectivity index (χ1) is 13.4. The van der Waals surface area contributed by atoms with E-state index in [0.29, 0.717) is 0 Å². The van der Waals surface area contributed by atoms with Crippen LogP contribution in [0.25, 0.3) is 0 Å². The lowest BCUT2D eigenvalue weighted by atomic mass is 9.88. The molecule has 3 rings (SSSR count). The number of rotatable bonds is 7. The Balaban J connectivity index is 1.67. The number of aliphatic hydroxyl groups excluding tert-OH is 2. The summed E-state index contributed by atoms with van der Waals surface area (Å²) in [5.41, 5.74) is 0.480. The van der Waals surface area contributed by atoms with Gasteiger partial charge in [-0.15, -0.1) is 0 Å². The highest BCUT2D eigenvalue weighted by Crippen LogP contribution is 2.32. The van der Waals surface area contributed by atoms with Crippen LogP contribution in [0.2, 0.25) is 0 Å². The van der Waals surface area contributed by atoms with E-state index in [1.165, 1.54) is 18.2 Å². The Morgan fingerprint density at radius 1 is 1.11 bits per heavy atom. The molecule has 1 aromatic carbocycles. The topological polar surface area (TPSA) is 143 Å². The number of fused-ring (bicyclic) bond motifs is 2. The highest BCUT2D eigenvalue weighted by Gasteiger charge is 2.34. The van der Waals surface area contributed by atoms with Crippen LogP contribution in [0.4, 0.5) is 0 Å². The fraction of sp³-hybridized carbons (Fsp3) is 0.263. The third-order valence-corrected chi connectivity index (χ3v) is 4.10. The van der Waals surface area contributed by atoms with Crippen molar-refractivity contribution in [2.24, 2.45) is 0 Å². The van der Waals surface area contributed by atoms with E-state index < -0.39 is 42.6 Å². The van der Waals surface area contributed by atoms with E-state index in [1.54, 1.807) is 12.1 Å². The molecule has 0 spiro atoms. The first-order valence-corrected chi connectivity index (χ1v) is 8.45. The summed E-state index contributed by atoms with van der Waals surface area (Å²) in [6.07, 6.45) is -1.99. The number of carbonyl (C=O) groups excluding carboxylic acids is 4. The number of ketones is 2. The van der Waals surface area contributed by atoms with Crippen molar-refractivity contribution in [3.63, 3.8) is 0 Å². The lowest BCUT2D eigenvalue weighted by Gasteiger charge is -2.11. The highest BCUT2D eigenvalue weighted by atomic mass is 16.5. The number of hydrogen-bond acceptors (Lipinski definition) is 8. The summed E-state index contributed by atoms with van der Waals surface area (Å²) in [4.78, 5) is 48.1. The number of amides is 1. The zero-order chi connectivity index (χ0) is 20.3. The largest absolute Gasteiger partial charge is 0.455 e. The van der Waals surface area contributed by atoms with Crippen LogP contribution in [0.1, 0.15) is 50.3 Å². The van der Waals surface area contributed by atoms with Crippen molar-refractivity contribution >= 4 is 23.4 Å². The quantitative estimate of drug-likeness (QED) is 0.486. The van der Waals surface area contributed by atoms with Crippen molar-refractivity contribution in [2.75, 3.05) is 19.8 Å². The first-order valence-electron chi connectivity index (χ1n) is 8.45. The van der Waals surface area contributed by atoms with Crippen LogP contribution in [0.3, 0.4) is 0 Å². The minimum absolute atomic E-state index is 0.0227. The monoisotopic (exact) mass is 387 g/mol. The van der Waals surface area contributed by atoms with Crippen LogP contribution < -0.4 is 5.32 Å². The fourth-order valence-electron chi connectivity index (χ4n) is 2.77. The molecule has 0 fully saturated rings. The smallest absolute Gasteiger partial charge is 0.309 e. The van der Waals surface area contributed by atoms with E-state index in [2.05, 4.69) is 5.32 Å². The summed E-state index contributed by atoms with van der Waals surface area (Å²) in [7, 11) is 0. The summed E-state index contributed by atoms with van der Waals surface area (Å²) in [6.45, 7) is -0.781. The molecule has 1 aliphatic rings. The van der Waals surface area contributed by atoms with Gasteiger partial charge < -0.3 is 24.7 Å². The number of benzene rings is 1. The molecule has 1 aromatic heterocycles. The highest BCUT2D eigenvalue weighted by molar-refractivity contribution is 6.27. The predicted octanol–water partition coefficient (Wildman–Crippen LogP) is 0.130. The number of nitrogens with one attached hydrogen (secondary N) is 1. The molecule has 3 N–H and O–H groups in total. The number of ether oxygens (including phenoxy) is 1.